The fourth-order valence-electron chi connectivity index (χ4n) is 5.37. The van der Waals surface area contributed by atoms with Gasteiger partial charge in [-0.25, -0.2) is 9.59 Å². The Kier molecular flexibility index (Phi) is 6.12. The van der Waals surface area contributed by atoms with Crippen LogP contribution < -0.4 is 4.74 Å². The smallest absolute Gasteiger partial charge is 0.345 e. The van der Waals surface area contributed by atoms with Crippen LogP contribution in [0.5, 0.6) is 5.75 Å². The van der Waals surface area contributed by atoms with Crippen molar-refractivity contribution in [1.82, 2.24) is 0 Å². The third kappa shape index (κ3) is 4.21. The maximum absolute atomic E-state index is 12.7. The van der Waals surface area contributed by atoms with E-state index in [9.17, 15) is 9.59 Å². The molecule has 2 atom stereocenters. The summed E-state index contributed by atoms with van der Waals surface area (Å²) in [7, 11) is 1.08. The largest absolute Gasteiger partial charge is 0.482 e. The van der Waals surface area contributed by atoms with E-state index in [0.29, 0.717) is 11.3 Å². The second-order valence-corrected chi connectivity index (χ2v) is 11.6. The van der Waals surface area contributed by atoms with Gasteiger partial charge in [0.15, 0.2) is 20.9 Å². The second-order valence-electron chi connectivity index (χ2n) is 9.63. The summed E-state index contributed by atoms with van der Waals surface area (Å²) in [6, 6.07) is 30.0. The Bertz CT molecular complexity index is 1680. The van der Waals surface area contributed by atoms with Gasteiger partial charge >= 0.3 is 11.9 Å². The lowest BCUT2D eigenvalue weighted by molar-refractivity contribution is -0.161. The van der Waals surface area contributed by atoms with E-state index in [1.54, 1.807) is 0 Å². The predicted molar refractivity (Wildman–Crippen MR) is 150 cm³/mol. The van der Waals surface area contributed by atoms with Gasteiger partial charge < -0.3 is 14.2 Å². The average Bonchev–Trinajstić information content (AvgIpc) is 3.46. The first kappa shape index (κ1) is 24.2. The molecule has 1 aliphatic rings. The fraction of sp³-hybridized carbons (Fsp3) is 0.188. The van der Waals surface area contributed by atoms with Crippen molar-refractivity contribution in [2.45, 2.75) is 25.4 Å². The van der Waals surface area contributed by atoms with E-state index < -0.39 is 5.60 Å². The van der Waals surface area contributed by atoms with Crippen LogP contribution in [0.2, 0.25) is 0 Å². The van der Waals surface area contributed by atoms with E-state index in [0.717, 1.165) is 34.1 Å². The maximum Gasteiger partial charge on any atom is 0.345 e. The number of thiophene rings is 1. The van der Waals surface area contributed by atoms with Gasteiger partial charge in [0.05, 0.1) is 12.7 Å². The van der Waals surface area contributed by atoms with Crippen molar-refractivity contribution in [1.29, 1.82) is 0 Å². The van der Waals surface area contributed by atoms with Crippen LogP contribution >= 0.6 is 10.5 Å². The molecule has 2 unspecified atom stereocenters. The number of esters is 2. The monoisotopic (exact) mass is 523 g/mol. The number of carbonyl (C=O) groups is 2. The molecule has 1 heterocycles. The molecule has 1 aliphatic carbocycles. The topological polar surface area (TPSA) is 61.8 Å². The van der Waals surface area contributed by atoms with Gasteiger partial charge in [0.1, 0.15) is 11.4 Å². The van der Waals surface area contributed by atoms with Crippen LogP contribution in [0.4, 0.5) is 0 Å². The van der Waals surface area contributed by atoms with E-state index in [1.165, 1.54) is 22.1 Å². The quantitative estimate of drug-likeness (QED) is 0.173. The Morgan fingerprint density at radius 3 is 2.42 bits per heavy atom. The van der Waals surface area contributed by atoms with E-state index in [1.807, 2.05) is 79.7 Å². The summed E-state index contributed by atoms with van der Waals surface area (Å²) < 4.78 is 19.0. The molecule has 38 heavy (non-hydrogen) atoms. The highest BCUT2D eigenvalue weighted by atomic mass is 32.2. The Labute approximate surface area is 223 Å². The normalized spacial score (nSPS) is 16.8. The molecule has 6 heteroatoms. The van der Waals surface area contributed by atoms with Crippen molar-refractivity contribution in [2.75, 3.05) is 13.7 Å². The zero-order valence-electron chi connectivity index (χ0n) is 21.2. The highest BCUT2D eigenvalue weighted by Crippen LogP contribution is 2.48. The number of rotatable bonds is 6. The van der Waals surface area contributed by atoms with Crippen molar-refractivity contribution in [3.8, 4) is 10.6 Å². The number of hydrogen-bond donors (Lipinski definition) is 0. The summed E-state index contributed by atoms with van der Waals surface area (Å²) in [4.78, 5) is 25.9. The predicted octanol–water partition coefficient (Wildman–Crippen LogP) is 7.30. The van der Waals surface area contributed by atoms with Crippen molar-refractivity contribution >= 4 is 42.6 Å². The van der Waals surface area contributed by atoms with Gasteiger partial charge in [0.2, 0.25) is 0 Å². The molecule has 4 aromatic carbocycles. The Morgan fingerprint density at radius 1 is 0.868 bits per heavy atom. The van der Waals surface area contributed by atoms with Crippen LogP contribution in [0, 0.1) is 0 Å². The molecule has 0 bridgehead atoms. The summed E-state index contributed by atoms with van der Waals surface area (Å²) >= 11 is 0. The molecule has 5 nitrogen and oxygen atoms in total. The molecule has 0 aliphatic heterocycles. The number of methoxy groups -OCH3 is 1. The number of fused-ring (bicyclic) bond motifs is 4. The van der Waals surface area contributed by atoms with Crippen LogP contribution in [0.25, 0.3) is 25.1 Å². The molecule has 1 aromatic heterocycles. The molecule has 0 radical (unpaired) electrons. The standard InChI is InChI=1S/C32H27O5S/c1-32(18-17-21-7-3-5-9-27(21)32)37-30(33)20-36-23-12-14-24(15-13-23)38-28-10-6-4-8-25(28)26-19-22(31(34)35-2)11-16-29(26)38/h3-16,19H,17-18,20H2,1-2H3/q+1. The van der Waals surface area contributed by atoms with E-state index in [2.05, 4.69) is 18.2 Å². The van der Waals surface area contributed by atoms with Gasteiger partial charge in [-0.2, -0.15) is 0 Å². The van der Waals surface area contributed by atoms with Crippen molar-refractivity contribution in [2.24, 2.45) is 0 Å². The molecule has 5 aromatic rings. The third-order valence-corrected chi connectivity index (χ3v) is 9.57. The molecule has 0 fully saturated rings. The molecule has 0 saturated carbocycles. The Hall–Kier alpha value is -4.16. The van der Waals surface area contributed by atoms with E-state index >= 15 is 0 Å². The first-order valence-corrected chi connectivity index (χ1v) is 13.8. The maximum atomic E-state index is 12.7. The molecule has 0 amide bonds. The number of benzene rings is 4. The molecule has 6 rings (SSSR count). The number of aryl methyl sites for hydroxylation is 1. The van der Waals surface area contributed by atoms with Gasteiger partial charge in [-0.05, 0) is 73.4 Å². The molecule has 0 saturated heterocycles. The lowest BCUT2D eigenvalue weighted by Gasteiger charge is -2.25. The summed E-state index contributed by atoms with van der Waals surface area (Å²) in [6.45, 7) is 1.82. The van der Waals surface area contributed by atoms with Crippen LogP contribution in [0.3, 0.4) is 0 Å². The highest BCUT2D eigenvalue weighted by molar-refractivity contribution is 7.50. The first-order chi connectivity index (χ1) is 18.5. The molecule has 190 valence electrons. The van der Waals surface area contributed by atoms with Gasteiger partial charge in [-0.1, -0.05) is 36.4 Å². The lowest BCUT2D eigenvalue weighted by Crippen LogP contribution is -2.29. The minimum Gasteiger partial charge on any atom is -0.482 e. The lowest BCUT2D eigenvalue weighted by atomic mass is 9.98. The van der Waals surface area contributed by atoms with E-state index in [4.69, 9.17) is 14.2 Å². The van der Waals surface area contributed by atoms with Gasteiger partial charge in [-0.15, -0.1) is 0 Å². The summed E-state index contributed by atoms with van der Waals surface area (Å²) in [6.07, 6.45) is 1.68. The first-order valence-electron chi connectivity index (χ1n) is 12.6. The third-order valence-electron chi connectivity index (χ3n) is 7.23. The van der Waals surface area contributed by atoms with Crippen LogP contribution in [0.1, 0.15) is 34.8 Å². The summed E-state index contributed by atoms with van der Waals surface area (Å²) in [5, 5.41) is 2.18. The van der Waals surface area contributed by atoms with Crippen LogP contribution in [-0.4, -0.2) is 25.7 Å². The highest BCUT2D eigenvalue weighted by Gasteiger charge is 2.37. The minimum absolute atomic E-state index is 0.148. The van der Waals surface area contributed by atoms with Gasteiger partial charge in [-0.3, -0.25) is 0 Å². The number of hydrogen-bond acceptors (Lipinski definition) is 5. The van der Waals surface area contributed by atoms with Crippen LogP contribution in [0.15, 0.2) is 91.0 Å². The minimum atomic E-state index is -0.612. The molecular weight excluding hydrogens is 496 g/mol. The molecule has 0 spiro atoms. The second kappa shape index (κ2) is 9.62. The molecule has 0 N–H and O–H groups in total. The zero-order chi connectivity index (χ0) is 26.3. The van der Waals surface area contributed by atoms with Gasteiger partial charge in [0.25, 0.3) is 0 Å². The van der Waals surface area contributed by atoms with Crippen molar-refractivity contribution in [3.05, 3.63) is 108 Å². The number of ether oxygens (including phenoxy) is 3. The fourth-order valence-corrected chi connectivity index (χ4v) is 7.72. The molecular formula is C32H27O5S+. The van der Waals surface area contributed by atoms with E-state index in [-0.39, 0.29) is 29.0 Å². The Morgan fingerprint density at radius 2 is 1.61 bits per heavy atom. The SMILES string of the molecule is COC(=O)c1ccc2c(c1)c1ccccc1[s+]2-c1ccc(OCC(=O)OC2(C)CCc3ccccc32)cc1. The summed E-state index contributed by atoms with van der Waals surface area (Å²) in [5.74, 6) is -0.113. The number of carbonyl (C=O) groups excluding carboxylic acids is 2. The van der Waals surface area contributed by atoms with Gasteiger partial charge in [0, 0.05) is 33.4 Å². The Balaban J connectivity index is 1.22. The van der Waals surface area contributed by atoms with Crippen molar-refractivity contribution < 1.29 is 23.8 Å². The zero-order valence-corrected chi connectivity index (χ0v) is 22.0. The van der Waals surface area contributed by atoms with Crippen molar-refractivity contribution in [3.63, 3.8) is 0 Å². The average molecular weight is 524 g/mol. The van der Waals surface area contributed by atoms with Crippen LogP contribution in [-0.2, 0) is 26.3 Å². The summed E-state index contributed by atoms with van der Waals surface area (Å²) in [5.41, 5.74) is 2.24.